The van der Waals surface area contributed by atoms with E-state index >= 15 is 0 Å². The van der Waals surface area contributed by atoms with Gasteiger partial charge in [0.15, 0.2) is 0 Å². The van der Waals surface area contributed by atoms with Crippen LogP contribution in [-0.2, 0) is 5.41 Å². The van der Waals surface area contributed by atoms with Crippen LogP contribution >= 0.6 is 11.8 Å². The van der Waals surface area contributed by atoms with E-state index in [0.29, 0.717) is 11.1 Å². The summed E-state index contributed by atoms with van der Waals surface area (Å²) in [5.74, 6) is 1.50. The Morgan fingerprint density at radius 3 is 1.50 bits per heavy atom. The van der Waals surface area contributed by atoms with Crippen molar-refractivity contribution in [2.45, 2.75) is 15.2 Å². The van der Waals surface area contributed by atoms with Crippen LogP contribution in [0.15, 0.2) is 210 Å². The molecule has 0 atom stereocenters. The van der Waals surface area contributed by atoms with Crippen molar-refractivity contribution in [2.75, 3.05) is 4.90 Å². The highest BCUT2D eigenvalue weighted by molar-refractivity contribution is 7.99. The molecule has 0 amide bonds. The lowest BCUT2D eigenvalue weighted by Crippen LogP contribution is -2.33. The minimum absolute atomic E-state index is 0.608. The summed E-state index contributed by atoms with van der Waals surface area (Å²) in [4.78, 5) is 15.6. The fraction of sp³-hybridized carbons (Fsp3) is 0.0164. The van der Waals surface area contributed by atoms with Crippen LogP contribution in [0.2, 0.25) is 0 Å². The maximum absolute atomic E-state index is 9.99. The van der Waals surface area contributed by atoms with Crippen LogP contribution in [-0.4, -0.2) is 19.1 Å². The van der Waals surface area contributed by atoms with Gasteiger partial charge in [0.1, 0.15) is 11.5 Å². The molecule has 0 saturated carbocycles. The number of nitrogens with zero attached hydrogens (tertiary/aromatic N) is 7. The smallest absolute Gasteiger partial charge is 0.132 e. The minimum Gasteiger partial charge on any atom is -0.457 e. The third-order valence-corrected chi connectivity index (χ3v) is 15.6. The molecule has 6 heterocycles. The molecule has 2 aliphatic heterocycles. The predicted octanol–water partition coefficient (Wildman–Crippen LogP) is 14.8. The van der Waals surface area contributed by atoms with E-state index in [1.165, 1.54) is 9.79 Å². The number of ether oxygens (including phenoxy) is 1. The SMILES string of the molecule is N#Cc1ccc2c(c1)c1ccccc1n2-c1cnc2c(c1)C1(c3ccccc3Oc3ccc(N4c5ccccc5Sc5ccccc54)cc31)c1cc(-n3c4ccccc4c4cc(C#N)ccc43)cnc1-2. The third kappa shape index (κ3) is 5.13. The van der Waals surface area contributed by atoms with E-state index in [0.717, 1.165) is 117 Å². The molecule has 8 nitrogen and oxygen atoms in total. The molecule has 0 bridgehead atoms. The average Bonchev–Trinajstić information content (AvgIpc) is 4.04. The van der Waals surface area contributed by atoms with Gasteiger partial charge in [-0.15, -0.1) is 0 Å². The summed E-state index contributed by atoms with van der Waals surface area (Å²) in [7, 11) is 0. The predicted molar refractivity (Wildman–Crippen MR) is 276 cm³/mol. The van der Waals surface area contributed by atoms with Gasteiger partial charge in [0, 0.05) is 59.3 Å². The van der Waals surface area contributed by atoms with Gasteiger partial charge >= 0.3 is 0 Å². The molecule has 0 unspecified atom stereocenters. The van der Waals surface area contributed by atoms with Crippen LogP contribution in [0, 0.1) is 22.7 Å². The fourth-order valence-corrected chi connectivity index (χ4v) is 12.7. The van der Waals surface area contributed by atoms with E-state index < -0.39 is 5.41 Å². The summed E-state index contributed by atoms with van der Waals surface area (Å²) in [5, 5.41) is 24.1. The van der Waals surface area contributed by atoms with E-state index in [4.69, 9.17) is 14.7 Å². The van der Waals surface area contributed by atoms with Gasteiger partial charge in [0.05, 0.1) is 97.3 Å². The van der Waals surface area contributed by atoms with Crippen molar-refractivity contribution in [2.24, 2.45) is 0 Å². The minimum atomic E-state index is -0.986. The zero-order chi connectivity index (χ0) is 46.2. The quantitative estimate of drug-likeness (QED) is 0.174. The number of hydrogen-bond donors (Lipinski definition) is 0. The number of para-hydroxylation sites is 5. The maximum Gasteiger partial charge on any atom is 0.132 e. The van der Waals surface area contributed by atoms with E-state index in [1.807, 2.05) is 67.0 Å². The Hall–Kier alpha value is -9.41. The lowest BCUT2D eigenvalue weighted by molar-refractivity contribution is 0.436. The van der Waals surface area contributed by atoms with Gasteiger partial charge in [-0.1, -0.05) is 90.6 Å². The zero-order valence-electron chi connectivity index (χ0n) is 37.0. The Kier molecular flexibility index (Phi) is 7.90. The van der Waals surface area contributed by atoms with Gasteiger partial charge in [-0.2, -0.15) is 10.5 Å². The average molecular weight is 912 g/mol. The number of anilines is 3. The van der Waals surface area contributed by atoms with E-state index in [9.17, 15) is 10.5 Å². The van der Waals surface area contributed by atoms with Gasteiger partial charge < -0.3 is 18.8 Å². The Bertz CT molecular complexity index is 4150. The molecule has 0 saturated heterocycles. The summed E-state index contributed by atoms with van der Waals surface area (Å²) in [6.45, 7) is 0. The first kappa shape index (κ1) is 38.7. The molecular formula is C61H33N7OS. The number of hydrogen-bond acceptors (Lipinski definition) is 7. The zero-order valence-corrected chi connectivity index (χ0v) is 37.8. The first-order valence-corrected chi connectivity index (χ1v) is 23.9. The fourth-order valence-electron chi connectivity index (χ4n) is 11.6. The van der Waals surface area contributed by atoms with Crippen molar-refractivity contribution in [1.82, 2.24) is 19.1 Å². The molecule has 0 fully saturated rings. The van der Waals surface area contributed by atoms with Crippen molar-refractivity contribution in [1.29, 1.82) is 10.5 Å². The van der Waals surface area contributed by atoms with Crippen molar-refractivity contribution < 1.29 is 4.74 Å². The van der Waals surface area contributed by atoms with E-state index in [-0.39, 0.29) is 0 Å². The Morgan fingerprint density at radius 1 is 0.429 bits per heavy atom. The normalized spacial score (nSPS) is 13.5. The lowest BCUT2D eigenvalue weighted by Gasteiger charge is -2.40. The van der Waals surface area contributed by atoms with Crippen molar-refractivity contribution in [3.05, 3.63) is 234 Å². The molecule has 1 spiro atoms. The first-order chi connectivity index (χ1) is 34.6. The van der Waals surface area contributed by atoms with Gasteiger partial charge in [0.2, 0.25) is 0 Å². The van der Waals surface area contributed by atoms with E-state index in [1.54, 1.807) is 11.8 Å². The topological polar surface area (TPSA) is 95.7 Å². The maximum atomic E-state index is 9.99. The third-order valence-electron chi connectivity index (χ3n) is 14.5. The highest BCUT2D eigenvalue weighted by Crippen LogP contribution is 2.63. The molecule has 0 N–H and O–H groups in total. The van der Waals surface area contributed by atoms with Gasteiger partial charge in [-0.25, -0.2) is 0 Å². The molecule has 0 radical (unpaired) electrons. The summed E-state index contributed by atoms with van der Waals surface area (Å²) >= 11 is 1.79. The number of fused-ring (bicyclic) bond motifs is 17. The number of nitriles is 2. The Balaban J connectivity index is 1.06. The van der Waals surface area contributed by atoms with Crippen molar-refractivity contribution in [3.8, 4) is 46.4 Å². The second kappa shape index (κ2) is 14.3. The summed E-state index contributed by atoms with van der Waals surface area (Å²) < 4.78 is 11.6. The molecule has 3 aliphatic rings. The Morgan fingerprint density at radius 2 is 0.914 bits per heavy atom. The first-order valence-electron chi connectivity index (χ1n) is 23.1. The molecule has 4 aromatic heterocycles. The van der Waals surface area contributed by atoms with Gasteiger partial charge in [-0.05, 0) is 109 Å². The number of benzene rings is 8. The van der Waals surface area contributed by atoms with Crippen LogP contribution in [0.4, 0.5) is 17.1 Å². The summed E-state index contributed by atoms with van der Waals surface area (Å²) in [5.41, 5.74) is 14.7. The second-order valence-electron chi connectivity index (χ2n) is 18.0. The van der Waals surface area contributed by atoms with Crippen LogP contribution < -0.4 is 9.64 Å². The second-order valence-corrected chi connectivity index (χ2v) is 19.1. The van der Waals surface area contributed by atoms with Crippen molar-refractivity contribution >= 4 is 72.4 Å². The van der Waals surface area contributed by atoms with Gasteiger partial charge in [-0.3, -0.25) is 9.97 Å². The molecule has 70 heavy (non-hydrogen) atoms. The van der Waals surface area contributed by atoms with Crippen LogP contribution in [0.1, 0.15) is 33.4 Å². The summed E-state index contributed by atoms with van der Waals surface area (Å²) in [6.07, 6.45) is 3.92. The highest BCUT2D eigenvalue weighted by atomic mass is 32.2. The van der Waals surface area contributed by atoms with Crippen LogP contribution in [0.5, 0.6) is 11.5 Å². The standard InChI is InChI=1S/C61H33N7OS/c62-32-36-21-24-51-43(27-36)41-11-1-4-14-49(41)67(51)39-30-47-59(64-34-39)60-48(31-40(35-65-60)68-50-15-5-2-12-42(50)44-28-37(33-63)22-25-52(44)68)61(47)45-13-3-8-18-55(45)69-56-26-23-38(29-46(56)61)66-53-16-6-9-19-57(53)70-58-20-10-7-17-54(58)66/h1-31,34-35H. The highest BCUT2D eigenvalue weighted by Gasteiger charge is 2.53. The largest absolute Gasteiger partial charge is 0.457 e. The van der Waals surface area contributed by atoms with Crippen molar-refractivity contribution in [3.63, 3.8) is 0 Å². The molecule has 9 heteroatoms. The van der Waals surface area contributed by atoms with Gasteiger partial charge in [0.25, 0.3) is 0 Å². The number of rotatable bonds is 3. The molecular weight excluding hydrogens is 879 g/mol. The molecule has 12 aromatic rings. The molecule has 1 aliphatic carbocycles. The summed E-state index contributed by atoms with van der Waals surface area (Å²) in [6, 6.07) is 70.1. The Labute approximate surface area is 405 Å². The molecule has 15 rings (SSSR count). The van der Waals surface area contributed by atoms with Crippen LogP contribution in [0.3, 0.4) is 0 Å². The van der Waals surface area contributed by atoms with E-state index in [2.05, 4.69) is 160 Å². The number of aromatic nitrogens is 4. The monoisotopic (exact) mass is 911 g/mol. The molecule has 8 aromatic carbocycles. The van der Waals surface area contributed by atoms with Crippen LogP contribution in [0.25, 0.3) is 66.4 Å². The lowest BCUT2D eigenvalue weighted by atomic mass is 9.66. The molecule has 324 valence electrons. The number of pyridine rings is 2.